The first-order valence-electron chi connectivity index (χ1n) is 9.20. The largest absolute Gasteiger partial charge is 0.507 e. The molecule has 0 aliphatic heterocycles. The Balaban J connectivity index is 2.15. The molecule has 0 radical (unpaired) electrons. The summed E-state index contributed by atoms with van der Waals surface area (Å²) in [5.41, 5.74) is 0.351. The molecule has 0 spiro atoms. The molecule has 29 heavy (non-hydrogen) atoms. The molecule has 0 saturated heterocycles. The zero-order valence-electron chi connectivity index (χ0n) is 16.8. The number of halogens is 2. The molecule has 0 atom stereocenters. The normalized spacial score (nSPS) is 12.2. The quantitative estimate of drug-likeness (QED) is 0.407. The number of sulfonamides is 1. The highest BCUT2D eigenvalue weighted by molar-refractivity contribution is 9.10. The highest BCUT2D eigenvalue weighted by Gasteiger charge is 2.20. The summed E-state index contributed by atoms with van der Waals surface area (Å²) in [4.78, 5) is 3.07. The standard InChI is InChI=1S/C20H26BrClN2O3S2/c1-13(2)24(14(3)4)7-8-28-18-11-16(22)10-17(12-18)23-29(26,27)20-9-15(21)5-6-19(20)25/h5-6,9-14,23,25H,7-8H2,1-4H3. The summed E-state index contributed by atoms with van der Waals surface area (Å²) in [6.07, 6.45) is 0. The second-order valence-corrected chi connectivity index (χ2v) is 11.3. The maximum atomic E-state index is 12.7. The van der Waals surface area contributed by atoms with Crippen molar-refractivity contribution in [1.29, 1.82) is 0 Å². The monoisotopic (exact) mass is 520 g/mol. The molecule has 0 aliphatic carbocycles. The Labute approximate surface area is 191 Å². The molecule has 0 aliphatic rings. The second-order valence-electron chi connectivity index (χ2n) is 7.17. The van der Waals surface area contributed by atoms with Crippen LogP contribution in [0.2, 0.25) is 5.02 Å². The number of aromatic hydroxyl groups is 1. The van der Waals surface area contributed by atoms with Gasteiger partial charge in [0.05, 0.1) is 5.69 Å². The van der Waals surface area contributed by atoms with E-state index in [9.17, 15) is 13.5 Å². The van der Waals surface area contributed by atoms with Crippen LogP contribution in [-0.2, 0) is 10.0 Å². The van der Waals surface area contributed by atoms with Crippen molar-refractivity contribution in [2.75, 3.05) is 17.0 Å². The topological polar surface area (TPSA) is 69.6 Å². The number of anilines is 1. The molecule has 160 valence electrons. The first kappa shape index (κ1) is 24.3. The van der Waals surface area contributed by atoms with E-state index >= 15 is 0 Å². The highest BCUT2D eigenvalue weighted by atomic mass is 79.9. The summed E-state index contributed by atoms with van der Waals surface area (Å²) in [5.74, 6) is 0.537. The van der Waals surface area contributed by atoms with Gasteiger partial charge in [-0.25, -0.2) is 8.42 Å². The Hall–Kier alpha value is -0.930. The number of phenolic OH excluding ortho intramolecular Hbond substituents is 1. The van der Waals surface area contributed by atoms with Gasteiger partial charge in [0.25, 0.3) is 10.0 Å². The van der Waals surface area contributed by atoms with Crippen molar-refractivity contribution in [3.63, 3.8) is 0 Å². The molecular weight excluding hydrogens is 496 g/mol. The van der Waals surface area contributed by atoms with Gasteiger partial charge in [-0.1, -0.05) is 27.5 Å². The van der Waals surface area contributed by atoms with Crippen LogP contribution in [-0.4, -0.2) is 42.8 Å². The Morgan fingerprint density at radius 3 is 2.41 bits per heavy atom. The summed E-state index contributed by atoms with van der Waals surface area (Å²) in [6, 6.07) is 10.3. The molecule has 0 unspecified atom stereocenters. The van der Waals surface area contributed by atoms with E-state index < -0.39 is 10.0 Å². The molecule has 0 saturated carbocycles. The summed E-state index contributed by atoms with van der Waals surface area (Å²) < 4.78 is 28.5. The molecule has 2 N–H and O–H groups in total. The van der Waals surface area contributed by atoms with E-state index in [2.05, 4.69) is 53.2 Å². The van der Waals surface area contributed by atoms with Gasteiger partial charge in [0.2, 0.25) is 0 Å². The van der Waals surface area contributed by atoms with E-state index in [4.69, 9.17) is 11.6 Å². The number of phenols is 1. The van der Waals surface area contributed by atoms with Crippen molar-refractivity contribution in [2.45, 2.75) is 49.6 Å². The van der Waals surface area contributed by atoms with Gasteiger partial charge in [0.1, 0.15) is 10.6 Å². The number of hydrogen-bond donors (Lipinski definition) is 2. The minimum absolute atomic E-state index is 0.203. The molecule has 0 aromatic heterocycles. The summed E-state index contributed by atoms with van der Waals surface area (Å²) in [6.45, 7) is 9.62. The predicted molar refractivity (Wildman–Crippen MR) is 126 cm³/mol. The molecule has 0 fully saturated rings. The molecule has 0 amide bonds. The average molecular weight is 522 g/mol. The Kier molecular flexibility index (Phi) is 8.72. The fraction of sp³-hybridized carbons (Fsp3) is 0.400. The van der Waals surface area contributed by atoms with Gasteiger partial charge in [0.15, 0.2) is 0 Å². The van der Waals surface area contributed by atoms with Crippen molar-refractivity contribution in [1.82, 2.24) is 4.90 Å². The lowest BCUT2D eigenvalue weighted by atomic mass is 10.2. The lowest BCUT2D eigenvalue weighted by Crippen LogP contribution is -2.38. The maximum absolute atomic E-state index is 12.7. The zero-order chi connectivity index (χ0) is 21.8. The number of benzene rings is 2. The Bertz CT molecular complexity index is 945. The van der Waals surface area contributed by atoms with Crippen LogP contribution in [0.15, 0.2) is 50.7 Å². The van der Waals surface area contributed by atoms with Crippen molar-refractivity contribution in [3.8, 4) is 5.75 Å². The van der Waals surface area contributed by atoms with E-state index in [-0.39, 0.29) is 10.6 Å². The van der Waals surface area contributed by atoms with Gasteiger partial charge in [0, 0.05) is 38.8 Å². The van der Waals surface area contributed by atoms with Gasteiger partial charge < -0.3 is 5.11 Å². The van der Waals surface area contributed by atoms with Gasteiger partial charge in [-0.3, -0.25) is 9.62 Å². The van der Waals surface area contributed by atoms with Crippen LogP contribution in [0.1, 0.15) is 27.7 Å². The fourth-order valence-corrected chi connectivity index (χ4v) is 5.93. The molecule has 0 heterocycles. The molecule has 2 rings (SSSR count). The van der Waals surface area contributed by atoms with Crippen LogP contribution in [0, 0.1) is 0 Å². The van der Waals surface area contributed by atoms with Gasteiger partial charge in [-0.2, -0.15) is 0 Å². The number of nitrogens with zero attached hydrogens (tertiary/aromatic N) is 1. The molecule has 9 heteroatoms. The Morgan fingerprint density at radius 2 is 1.79 bits per heavy atom. The third-order valence-electron chi connectivity index (χ3n) is 4.28. The van der Waals surface area contributed by atoms with Crippen molar-refractivity contribution >= 4 is 55.0 Å². The van der Waals surface area contributed by atoms with E-state index in [0.29, 0.717) is 27.3 Å². The third-order valence-corrected chi connectivity index (χ3v) is 7.36. The third kappa shape index (κ3) is 7.07. The average Bonchev–Trinajstić information content (AvgIpc) is 2.59. The van der Waals surface area contributed by atoms with Crippen LogP contribution < -0.4 is 4.72 Å². The summed E-state index contributed by atoms with van der Waals surface area (Å²) in [7, 11) is -3.96. The highest BCUT2D eigenvalue weighted by Crippen LogP contribution is 2.31. The molecule has 2 aromatic carbocycles. The minimum atomic E-state index is -3.96. The van der Waals surface area contributed by atoms with Gasteiger partial charge >= 0.3 is 0 Å². The van der Waals surface area contributed by atoms with E-state index in [1.807, 2.05) is 6.07 Å². The van der Waals surface area contributed by atoms with Crippen LogP contribution in [0.25, 0.3) is 0 Å². The van der Waals surface area contributed by atoms with Crippen molar-refractivity contribution in [3.05, 3.63) is 45.9 Å². The lowest BCUT2D eigenvalue weighted by molar-refractivity contribution is 0.187. The first-order valence-corrected chi connectivity index (χ1v) is 12.8. The number of nitrogens with one attached hydrogen (secondary N) is 1. The minimum Gasteiger partial charge on any atom is -0.507 e. The second kappa shape index (κ2) is 10.4. The molecular formula is C20H26BrClN2O3S2. The van der Waals surface area contributed by atoms with Crippen LogP contribution in [0.3, 0.4) is 0 Å². The summed E-state index contributed by atoms with van der Waals surface area (Å²) >= 11 is 11.1. The van der Waals surface area contributed by atoms with Crippen LogP contribution in [0.5, 0.6) is 5.75 Å². The number of hydrogen-bond acceptors (Lipinski definition) is 5. The molecule has 0 bridgehead atoms. The van der Waals surface area contributed by atoms with Gasteiger partial charge in [-0.15, -0.1) is 11.8 Å². The van der Waals surface area contributed by atoms with Crippen molar-refractivity contribution in [2.24, 2.45) is 0 Å². The SMILES string of the molecule is CC(C)N(CCSc1cc(Cl)cc(NS(=O)(=O)c2cc(Br)ccc2O)c1)C(C)C. The first-order chi connectivity index (χ1) is 13.5. The smallest absolute Gasteiger partial charge is 0.265 e. The van der Waals surface area contributed by atoms with Crippen molar-refractivity contribution < 1.29 is 13.5 Å². The van der Waals surface area contributed by atoms with E-state index in [0.717, 1.165) is 17.2 Å². The fourth-order valence-electron chi connectivity index (χ4n) is 3.00. The van der Waals surface area contributed by atoms with Crippen LogP contribution in [0.4, 0.5) is 5.69 Å². The maximum Gasteiger partial charge on any atom is 0.265 e. The zero-order valence-corrected chi connectivity index (χ0v) is 20.8. The Morgan fingerprint density at radius 1 is 1.14 bits per heavy atom. The number of thioether (sulfide) groups is 1. The van der Waals surface area contributed by atoms with E-state index in [1.54, 1.807) is 30.0 Å². The summed E-state index contributed by atoms with van der Waals surface area (Å²) in [5, 5.41) is 10.4. The predicted octanol–water partition coefficient (Wildman–Crippen LogP) is 5.82. The molecule has 2 aromatic rings. The van der Waals surface area contributed by atoms with Gasteiger partial charge in [-0.05, 0) is 64.1 Å². The molecule has 5 nitrogen and oxygen atoms in total. The lowest BCUT2D eigenvalue weighted by Gasteiger charge is -2.30. The number of rotatable bonds is 9. The van der Waals surface area contributed by atoms with E-state index in [1.165, 1.54) is 12.1 Å². The van der Waals surface area contributed by atoms with Crippen LogP contribution >= 0.6 is 39.3 Å².